The van der Waals surface area contributed by atoms with Gasteiger partial charge in [0.05, 0.1) is 5.57 Å². The standard InChI is InChI=1S/C16H19ClN2O2.ClH/c17-13-4-5-15-11(7-13)6-12(9-21-15)16(20)19-14-3-1-2-10(14)8-18;/h4-7,10,14H,1-3,8-9,18H2,(H,19,20);1H. The predicted octanol–water partition coefficient (Wildman–Crippen LogP) is 2.78. The number of rotatable bonds is 3. The molecule has 3 N–H and O–H groups in total. The van der Waals surface area contributed by atoms with Crippen molar-refractivity contribution in [1.29, 1.82) is 0 Å². The highest BCUT2D eigenvalue weighted by Gasteiger charge is 2.28. The van der Waals surface area contributed by atoms with E-state index in [2.05, 4.69) is 5.32 Å². The van der Waals surface area contributed by atoms with Gasteiger partial charge in [0.2, 0.25) is 0 Å². The highest BCUT2D eigenvalue weighted by Crippen LogP contribution is 2.30. The Bertz CT molecular complexity index is 590. The molecule has 0 saturated heterocycles. The number of carbonyl (C=O) groups is 1. The molecule has 0 radical (unpaired) electrons. The Morgan fingerprint density at radius 1 is 1.41 bits per heavy atom. The van der Waals surface area contributed by atoms with E-state index in [-0.39, 0.29) is 24.4 Å². The minimum atomic E-state index is -0.0639. The molecule has 6 heteroatoms. The van der Waals surface area contributed by atoms with Crippen LogP contribution in [-0.4, -0.2) is 25.1 Å². The number of hydrogen-bond donors (Lipinski definition) is 2. The van der Waals surface area contributed by atoms with Gasteiger partial charge in [0.1, 0.15) is 12.4 Å². The van der Waals surface area contributed by atoms with Crippen LogP contribution in [0.1, 0.15) is 24.8 Å². The molecule has 1 aromatic rings. The molecule has 1 amide bonds. The van der Waals surface area contributed by atoms with Crippen molar-refractivity contribution in [2.24, 2.45) is 11.7 Å². The van der Waals surface area contributed by atoms with Crippen molar-refractivity contribution in [2.75, 3.05) is 13.2 Å². The minimum absolute atomic E-state index is 0. The van der Waals surface area contributed by atoms with Gasteiger partial charge in [-0.15, -0.1) is 12.4 Å². The lowest BCUT2D eigenvalue weighted by Gasteiger charge is -2.22. The van der Waals surface area contributed by atoms with E-state index in [1.165, 1.54) is 0 Å². The number of nitrogens with one attached hydrogen (secondary N) is 1. The molecule has 2 unspecified atom stereocenters. The van der Waals surface area contributed by atoms with Gasteiger partial charge in [0, 0.05) is 16.6 Å². The van der Waals surface area contributed by atoms with Crippen LogP contribution in [0.3, 0.4) is 0 Å². The van der Waals surface area contributed by atoms with Crippen molar-refractivity contribution < 1.29 is 9.53 Å². The van der Waals surface area contributed by atoms with Crippen LogP contribution in [0.2, 0.25) is 5.02 Å². The summed E-state index contributed by atoms with van der Waals surface area (Å²) in [6, 6.07) is 5.60. The second kappa shape index (κ2) is 7.36. The first-order valence-electron chi connectivity index (χ1n) is 7.31. The van der Waals surface area contributed by atoms with E-state index < -0.39 is 0 Å². The van der Waals surface area contributed by atoms with Gasteiger partial charge in [0.15, 0.2) is 0 Å². The van der Waals surface area contributed by atoms with E-state index in [0.29, 0.717) is 29.7 Å². The molecule has 0 bridgehead atoms. The van der Waals surface area contributed by atoms with E-state index >= 15 is 0 Å². The van der Waals surface area contributed by atoms with Crippen molar-refractivity contribution in [1.82, 2.24) is 5.32 Å². The van der Waals surface area contributed by atoms with Gasteiger partial charge in [0.25, 0.3) is 5.91 Å². The fourth-order valence-electron chi connectivity index (χ4n) is 3.05. The molecule has 3 rings (SSSR count). The second-order valence-electron chi connectivity index (χ2n) is 5.65. The van der Waals surface area contributed by atoms with Crippen molar-refractivity contribution in [3.8, 4) is 5.75 Å². The topological polar surface area (TPSA) is 64.3 Å². The molecule has 120 valence electrons. The van der Waals surface area contributed by atoms with Crippen LogP contribution in [0.4, 0.5) is 0 Å². The molecule has 1 aliphatic heterocycles. The zero-order chi connectivity index (χ0) is 14.8. The van der Waals surface area contributed by atoms with Crippen molar-refractivity contribution in [2.45, 2.75) is 25.3 Å². The van der Waals surface area contributed by atoms with Crippen LogP contribution in [0.15, 0.2) is 23.8 Å². The molecular formula is C16H20Cl2N2O2. The third-order valence-electron chi connectivity index (χ3n) is 4.25. The molecule has 2 aliphatic rings. The summed E-state index contributed by atoms with van der Waals surface area (Å²) in [5, 5.41) is 3.73. The molecule has 4 nitrogen and oxygen atoms in total. The van der Waals surface area contributed by atoms with Crippen LogP contribution in [-0.2, 0) is 4.79 Å². The number of nitrogens with two attached hydrogens (primary N) is 1. The zero-order valence-electron chi connectivity index (χ0n) is 12.2. The van der Waals surface area contributed by atoms with Gasteiger partial charge >= 0.3 is 0 Å². The van der Waals surface area contributed by atoms with E-state index in [0.717, 1.165) is 30.6 Å². The Morgan fingerprint density at radius 3 is 3.00 bits per heavy atom. The first-order valence-corrected chi connectivity index (χ1v) is 7.69. The number of halogens is 2. The van der Waals surface area contributed by atoms with E-state index in [4.69, 9.17) is 22.1 Å². The number of amides is 1. The van der Waals surface area contributed by atoms with Crippen LogP contribution in [0.25, 0.3) is 6.08 Å². The van der Waals surface area contributed by atoms with E-state index in [9.17, 15) is 4.79 Å². The Kier molecular flexibility index (Phi) is 5.73. The van der Waals surface area contributed by atoms with Gasteiger partial charge < -0.3 is 15.8 Å². The summed E-state index contributed by atoms with van der Waals surface area (Å²) in [6.45, 7) is 0.916. The lowest BCUT2D eigenvalue weighted by atomic mass is 10.0. The fraction of sp³-hybridized carbons (Fsp3) is 0.438. The summed E-state index contributed by atoms with van der Waals surface area (Å²) in [7, 11) is 0. The Morgan fingerprint density at radius 2 is 2.23 bits per heavy atom. The fourth-order valence-corrected chi connectivity index (χ4v) is 3.23. The summed E-state index contributed by atoms with van der Waals surface area (Å²) >= 11 is 5.98. The van der Waals surface area contributed by atoms with Crippen molar-refractivity contribution >= 4 is 36.0 Å². The molecular weight excluding hydrogens is 323 g/mol. The average Bonchev–Trinajstić information content (AvgIpc) is 2.93. The highest BCUT2D eigenvalue weighted by atomic mass is 35.5. The number of benzene rings is 1. The minimum Gasteiger partial charge on any atom is -0.488 e. The average molecular weight is 343 g/mol. The lowest BCUT2D eigenvalue weighted by molar-refractivity contribution is -0.118. The summed E-state index contributed by atoms with van der Waals surface area (Å²) in [6.07, 6.45) is 5.08. The molecule has 1 heterocycles. The molecule has 22 heavy (non-hydrogen) atoms. The normalized spacial score (nSPS) is 22.9. The van der Waals surface area contributed by atoms with Gasteiger partial charge in [-0.2, -0.15) is 0 Å². The number of fused-ring (bicyclic) bond motifs is 1. The molecule has 0 spiro atoms. The zero-order valence-corrected chi connectivity index (χ0v) is 13.8. The molecule has 1 aliphatic carbocycles. The Labute approximate surface area is 141 Å². The molecule has 0 aromatic heterocycles. The highest BCUT2D eigenvalue weighted by molar-refractivity contribution is 6.30. The second-order valence-corrected chi connectivity index (χ2v) is 6.08. The first kappa shape index (κ1) is 17.1. The van der Waals surface area contributed by atoms with E-state index in [1.807, 2.05) is 18.2 Å². The van der Waals surface area contributed by atoms with Gasteiger partial charge in [-0.05, 0) is 49.6 Å². The van der Waals surface area contributed by atoms with Crippen LogP contribution >= 0.6 is 24.0 Å². The maximum Gasteiger partial charge on any atom is 0.250 e. The molecule has 1 aromatic carbocycles. The first-order chi connectivity index (χ1) is 10.2. The predicted molar refractivity (Wildman–Crippen MR) is 90.5 cm³/mol. The van der Waals surface area contributed by atoms with Gasteiger partial charge in [-0.3, -0.25) is 4.79 Å². The third kappa shape index (κ3) is 3.57. The van der Waals surface area contributed by atoms with Crippen LogP contribution in [0, 0.1) is 5.92 Å². The Balaban J connectivity index is 0.00000176. The number of hydrogen-bond acceptors (Lipinski definition) is 3. The third-order valence-corrected chi connectivity index (χ3v) is 4.49. The quantitative estimate of drug-likeness (QED) is 0.887. The smallest absolute Gasteiger partial charge is 0.250 e. The van der Waals surface area contributed by atoms with Crippen LogP contribution < -0.4 is 15.8 Å². The lowest BCUT2D eigenvalue weighted by Crippen LogP contribution is -2.41. The van der Waals surface area contributed by atoms with Gasteiger partial charge in [-0.1, -0.05) is 18.0 Å². The SMILES string of the molecule is Cl.NCC1CCCC1NC(=O)C1=Cc2cc(Cl)ccc2OC1. The maximum absolute atomic E-state index is 12.4. The summed E-state index contributed by atoms with van der Waals surface area (Å²) in [5.41, 5.74) is 7.23. The summed E-state index contributed by atoms with van der Waals surface area (Å²) < 4.78 is 5.62. The number of ether oxygens (including phenoxy) is 1. The number of carbonyl (C=O) groups excluding carboxylic acids is 1. The van der Waals surface area contributed by atoms with Gasteiger partial charge in [-0.25, -0.2) is 0 Å². The van der Waals surface area contributed by atoms with Crippen LogP contribution in [0.5, 0.6) is 5.75 Å². The van der Waals surface area contributed by atoms with Crippen molar-refractivity contribution in [3.63, 3.8) is 0 Å². The summed E-state index contributed by atoms with van der Waals surface area (Å²) in [5.74, 6) is 1.09. The van der Waals surface area contributed by atoms with Crippen molar-refractivity contribution in [3.05, 3.63) is 34.4 Å². The van der Waals surface area contributed by atoms with E-state index in [1.54, 1.807) is 6.07 Å². The molecule has 2 atom stereocenters. The summed E-state index contributed by atoms with van der Waals surface area (Å²) in [4.78, 5) is 12.4. The largest absolute Gasteiger partial charge is 0.488 e. The maximum atomic E-state index is 12.4. The molecule has 1 fully saturated rings. The monoisotopic (exact) mass is 342 g/mol. The molecule has 1 saturated carbocycles. The Hall–Kier alpha value is -1.23.